The minimum atomic E-state index is 0.538. The largest absolute Gasteiger partial charge is 0.378 e. The molecule has 2 rings (SSSR count). The lowest BCUT2D eigenvalue weighted by atomic mass is 9.88. The van der Waals surface area contributed by atoms with Gasteiger partial charge in [-0.25, -0.2) is 0 Å². The molecule has 2 aliphatic rings. The van der Waals surface area contributed by atoms with Crippen molar-refractivity contribution < 1.29 is 4.74 Å². The number of rotatable bonds is 4. The van der Waals surface area contributed by atoms with Crippen molar-refractivity contribution in [2.45, 2.75) is 57.2 Å². The molecule has 88 valence electrons. The van der Waals surface area contributed by atoms with Gasteiger partial charge in [-0.3, -0.25) is 0 Å². The summed E-state index contributed by atoms with van der Waals surface area (Å²) in [6, 6.07) is 1.47. The molecule has 2 N–H and O–H groups in total. The molecule has 1 atom stereocenters. The van der Waals surface area contributed by atoms with E-state index >= 15 is 0 Å². The van der Waals surface area contributed by atoms with Gasteiger partial charge >= 0.3 is 0 Å². The van der Waals surface area contributed by atoms with Crippen LogP contribution in [0, 0.1) is 0 Å². The van der Waals surface area contributed by atoms with Crippen molar-refractivity contribution in [2.24, 2.45) is 0 Å². The van der Waals surface area contributed by atoms with Crippen LogP contribution < -0.4 is 10.6 Å². The summed E-state index contributed by atoms with van der Waals surface area (Å²) in [6.45, 7) is 5.33. The average Bonchev–Trinajstić information content (AvgIpc) is 2.43. The van der Waals surface area contributed by atoms with E-state index in [1.54, 1.807) is 0 Å². The minimum Gasteiger partial charge on any atom is -0.378 e. The third-order valence-electron chi connectivity index (χ3n) is 3.54. The summed E-state index contributed by atoms with van der Waals surface area (Å²) in [7, 11) is 0. The second-order valence-corrected chi connectivity index (χ2v) is 4.79. The second-order valence-electron chi connectivity index (χ2n) is 4.79. The Kier molecular flexibility index (Phi) is 4.42. The lowest BCUT2D eigenvalue weighted by Crippen LogP contribution is -2.49. The molecule has 0 aromatic rings. The van der Waals surface area contributed by atoms with E-state index in [0.717, 1.165) is 18.7 Å². The van der Waals surface area contributed by atoms with Gasteiger partial charge in [0, 0.05) is 18.7 Å². The zero-order valence-corrected chi connectivity index (χ0v) is 9.80. The highest BCUT2D eigenvalue weighted by molar-refractivity contribution is 4.89. The van der Waals surface area contributed by atoms with Crippen LogP contribution in [-0.2, 0) is 4.74 Å². The summed E-state index contributed by atoms with van der Waals surface area (Å²) < 4.78 is 5.57. The van der Waals surface area contributed by atoms with E-state index in [1.807, 2.05) is 0 Å². The highest BCUT2D eigenvalue weighted by atomic mass is 16.5. The molecule has 0 amide bonds. The maximum atomic E-state index is 5.57. The first-order valence-electron chi connectivity index (χ1n) is 6.47. The highest BCUT2D eigenvalue weighted by Gasteiger charge is 2.30. The molecular formula is C12H24N2O. The molecule has 0 aromatic heterocycles. The van der Waals surface area contributed by atoms with E-state index in [1.165, 1.54) is 45.2 Å². The summed E-state index contributed by atoms with van der Waals surface area (Å²) in [4.78, 5) is 0. The monoisotopic (exact) mass is 212 g/mol. The van der Waals surface area contributed by atoms with Gasteiger partial charge in [0.25, 0.3) is 0 Å². The van der Waals surface area contributed by atoms with Crippen molar-refractivity contribution in [1.29, 1.82) is 0 Å². The topological polar surface area (TPSA) is 33.3 Å². The lowest BCUT2D eigenvalue weighted by molar-refractivity contribution is -0.0126. The zero-order valence-electron chi connectivity index (χ0n) is 9.80. The van der Waals surface area contributed by atoms with E-state index < -0.39 is 0 Å². The Morgan fingerprint density at radius 3 is 2.87 bits per heavy atom. The van der Waals surface area contributed by atoms with E-state index in [2.05, 4.69) is 17.6 Å². The third kappa shape index (κ3) is 3.44. The second kappa shape index (κ2) is 5.83. The van der Waals surface area contributed by atoms with E-state index in [0.29, 0.717) is 6.10 Å². The Morgan fingerprint density at radius 1 is 1.20 bits per heavy atom. The van der Waals surface area contributed by atoms with Crippen LogP contribution in [0.5, 0.6) is 0 Å². The average molecular weight is 212 g/mol. The first-order valence-corrected chi connectivity index (χ1v) is 6.47. The van der Waals surface area contributed by atoms with Crippen molar-refractivity contribution in [3.8, 4) is 0 Å². The Bertz CT molecular complexity index is 172. The smallest absolute Gasteiger partial charge is 0.0604 e. The van der Waals surface area contributed by atoms with Gasteiger partial charge in [-0.2, -0.15) is 0 Å². The van der Waals surface area contributed by atoms with Crippen molar-refractivity contribution in [1.82, 2.24) is 10.6 Å². The predicted octanol–water partition coefficient (Wildman–Crippen LogP) is 1.29. The van der Waals surface area contributed by atoms with E-state index in [4.69, 9.17) is 4.74 Å². The molecule has 1 aliphatic heterocycles. The van der Waals surface area contributed by atoms with Crippen molar-refractivity contribution in [3.05, 3.63) is 0 Å². The number of ether oxygens (including phenoxy) is 1. The first kappa shape index (κ1) is 11.4. The van der Waals surface area contributed by atoms with Crippen LogP contribution in [-0.4, -0.2) is 37.9 Å². The lowest BCUT2D eigenvalue weighted by Gasteiger charge is -2.38. The number of hydrogen-bond acceptors (Lipinski definition) is 3. The summed E-state index contributed by atoms with van der Waals surface area (Å²) in [5, 5.41) is 7.21. The quantitative estimate of drug-likeness (QED) is 0.736. The third-order valence-corrected chi connectivity index (χ3v) is 3.54. The zero-order chi connectivity index (χ0) is 10.5. The van der Waals surface area contributed by atoms with Gasteiger partial charge in [0.15, 0.2) is 0 Å². The number of hydrogen-bond donors (Lipinski definition) is 2. The van der Waals surface area contributed by atoms with Gasteiger partial charge < -0.3 is 15.4 Å². The number of nitrogens with one attached hydrogen (secondary N) is 2. The van der Waals surface area contributed by atoms with Crippen LogP contribution in [0.4, 0.5) is 0 Å². The summed E-state index contributed by atoms with van der Waals surface area (Å²) in [5.74, 6) is 0. The SMILES string of the molecule is CCOC1CC(NC2CCCNCC2)C1. The molecule has 2 fully saturated rings. The van der Waals surface area contributed by atoms with E-state index in [9.17, 15) is 0 Å². The Balaban J connectivity index is 1.61. The normalized spacial score (nSPS) is 37.0. The van der Waals surface area contributed by atoms with Crippen molar-refractivity contribution in [3.63, 3.8) is 0 Å². The van der Waals surface area contributed by atoms with Crippen LogP contribution >= 0.6 is 0 Å². The molecule has 0 radical (unpaired) electrons. The van der Waals surface area contributed by atoms with Gasteiger partial charge in [-0.15, -0.1) is 0 Å². The minimum absolute atomic E-state index is 0.538. The van der Waals surface area contributed by atoms with Gasteiger partial charge in [-0.05, 0) is 52.1 Å². The maximum Gasteiger partial charge on any atom is 0.0604 e. The molecule has 3 nitrogen and oxygen atoms in total. The van der Waals surface area contributed by atoms with Crippen molar-refractivity contribution >= 4 is 0 Å². The van der Waals surface area contributed by atoms with Crippen LogP contribution in [0.25, 0.3) is 0 Å². The summed E-state index contributed by atoms with van der Waals surface area (Å²) in [6.07, 6.45) is 6.92. The molecule has 1 heterocycles. The highest BCUT2D eigenvalue weighted by Crippen LogP contribution is 2.24. The van der Waals surface area contributed by atoms with Gasteiger partial charge in [0.2, 0.25) is 0 Å². The standard InChI is InChI=1S/C12H24N2O/c1-2-15-12-8-11(9-12)14-10-4-3-6-13-7-5-10/h10-14H,2-9H2,1H3. The fourth-order valence-electron chi connectivity index (χ4n) is 2.59. The predicted molar refractivity (Wildman–Crippen MR) is 62.1 cm³/mol. The summed E-state index contributed by atoms with van der Waals surface area (Å²) in [5.41, 5.74) is 0. The van der Waals surface area contributed by atoms with Gasteiger partial charge in [0.05, 0.1) is 6.10 Å². The first-order chi connectivity index (χ1) is 7.38. The fraction of sp³-hybridized carbons (Fsp3) is 1.00. The molecule has 0 spiro atoms. The molecule has 0 aromatic carbocycles. The molecule has 0 bridgehead atoms. The Labute approximate surface area is 93.0 Å². The fourth-order valence-corrected chi connectivity index (χ4v) is 2.59. The molecule has 1 aliphatic carbocycles. The van der Waals surface area contributed by atoms with E-state index in [-0.39, 0.29) is 0 Å². The molecule has 1 saturated heterocycles. The molecule has 3 heteroatoms. The Hall–Kier alpha value is -0.120. The van der Waals surface area contributed by atoms with Gasteiger partial charge in [-0.1, -0.05) is 0 Å². The summed E-state index contributed by atoms with van der Waals surface area (Å²) >= 11 is 0. The molecule has 1 saturated carbocycles. The van der Waals surface area contributed by atoms with Crippen LogP contribution in [0.1, 0.15) is 39.0 Å². The molecule has 1 unspecified atom stereocenters. The molecular weight excluding hydrogens is 188 g/mol. The van der Waals surface area contributed by atoms with Crippen LogP contribution in [0.15, 0.2) is 0 Å². The van der Waals surface area contributed by atoms with Gasteiger partial charge in [0.1, 0.15) is 0 Å². The van der Waals surface area contributed by atoms with Crippen LogP contribution in [0.3, 0.4) is 0 Å². The van der Waals surface area contributed by atoms with Crippen molar-refractivity contribution in [2.75, 3.05) is 19.7 Å². The maximum absolute atomic E-state index is 5.57. The Morgan fingerprint density at radius 2 is 2.07 bits per heavy atom. The van der Waals surface area contributed by atoms with Crippen LogP contribution in [0.2, 0.25) is 0 Å². The molecule has 15 heavy (non-hydrogen) atoms.